The van der Waals surface area contributed by atoms with E-state index in [1.807, 2.05) is 31.2 Å². The van der Waals surface area contributed by atoms with Gasteiger partial charge >= 0.3 is 5.97 Å². The number of piperidine rings is 1. The van der Waals surface area contributed by atoms with Gasteiger partial charge in [-0.1, -0.05) is 29.4 Å². The fourth-order valence-electron chi connectivity index (χ4n) is 5.84. The van der Waals surface area contributed by atoms with E-state index < -0.39 is 0 Å². The minimum absolute atomic E-state index is 0.133. The smallest absolute Gasteiger partial charge is 0.310 e. The molecule has 0 saturated carbocycles. The van der Waals surface area contributed by atoms with Gasteiger partial charge in [-0.15, -0.1) is 0 Å². The summed E-state index contributed by atoms with van der Waals surface area (Å²) in [4.78, 5) is 28.8. The lowest BCUT2D eigenvalue weighted by molar-refractivity contribution is -0.148. The summed E-state index contributed by atoms with van der Waals surface area (Å²) in [6.45, 7) is 3.35. The molecule has 1 fully saturated rings. The quantitative estimate of drug-likeness (QED) is 0.242. The van der Waals surface area contributed by atoms with Crippen LogP contribution in [0.25, 0.3) is 22.2 Å². The van der Waals surface area contributed by atoms with E-state index in [-0.39, 0.29) is 17.7 Å². The number of aromatic nitrogens is 1. The Morgan fingerprint density at radius 3 is 2.49 bits per heavy atom. The molecule has 10 heteroatoms. The van der Waals surface area contributed by atoms with E-state index in [2.05, 4.69) is 15.4 Å². The van der Waals surface area contributed by atoms with Crippen molar-refractivity contribution >= 4 is 39.7 Å². The highest BCUT2D eigenvalue weighted by molar-refractivity contribution is 6.28. The second-order valence-corrected chi connectivity index (χ2v) is 10.0. The molecule has 2 aliphatic rings. The summed E-state index contributed by atoms with van der Waals surface area (Å²) in [5.74, 6) is 1.35. The molecule has 0 radical (unpaired) electrons. The minimum atomic E-state index is -0.258. The van der Waals surface area contributed by atoms with Crippen LogP contribution in [0.2, 0.25) is 0 Å². The molecule has 1 N–H and O–H groups in total. The molecule has 1 atom stereocenters. The third-order valence-electron chi connectivity index (χ3n) is 7.70. The number of anilines is 3. The van der Waals surface area contributed by atoms with Crippen molar-refractivity contribution in [3.05, 3.63) is 53.6 Å². The Hall–Kier alpha value is -4.73. The van der Waals surface area contributed by atoms with Crippen LogP contribution in [0.15, 0.2) is 47.0 Å². The molecule has 10 nitrogen and oxygen atoms in total. The summed E-state index contributed by atoms with van der Waals surface area (Å²) in [7, 11) is 4.65. The fraction of sp³-hybridized carbons (Fsp3) is 0.323. The van der Waals surface area contributed by atoms with E-state index in [1.165, 1.54) is 0 Å². The van der Waals surface area contributed by atoms with Crippen molar-refractivity contribution in [3.63, 3.8) is 0 Å². The molecule has 0 spiro atoms. The summed E-state index contributed by atoms with van der Waals surface area (Å²) >= 11 is 0. The molecule has 3 aromatic carbocycles. The van der Waals surface area contributed by atoms with Crippen molar-refractivity contribution in [2.75, 3.05) is 51.2 Å². The first-order valence-corrected chi connectivity index (χ1v) is 13.6. The van der Waals surface area contributed by atoms with Gasteiger partial charge in [-0.2, -0.15) is 0 Å². The number of fused-ring (bicyclic) bond motifs is 2. The number of carbonyl (C=O) groups is 2. The molecular weight excluding hydrogens is 526 g/mol. The van der Waals surface area contributed by atoms with Crippen molar-refractivity contribution < 1.29 is 33.1 Å². The molecular formula is C31H31N3O7. The number of methoxy groups -OCH3 is 3. The summed E-state index contributed by atoms with van der Waals surface area (Å²) in [6.07, 6.45) is 1.57. The number of hydrogen-bond donors (Lipinski definition) is 1. The van der Waals surface area contributed by atoms with Gasteiger partial charge in [0.1, 0.15) is 5.52 Å². The molecule has 212 valence electrons. The van der Waals surface area contributed by atoms with E-state index >= 15 is 0 Å². The maximum atomic E-state index is 14.0. The van der Waals surface area contributed by atoms with E-state index in [4.69, 9.17) is 23.5 Å². The predicted molar refractivity (Wildman–Crippen MR) is 154 cm³/mol. The summed E-state index contributed by atoms with van der Waals surface area (Å²) in [5, 5.41) is 8.54. The number of rotatable bonds is 8. The molecule has 2 heterocycles. The van der Waals surface area contributed by atoms with E-state index in [0.29, 0.717) is 75.1 Å². The molecule has 41 heavy (non-hydrogen) atoms. The third kappa shape index (κ3) is 4.39. The average molecular weight is 558 g/mol. The number of benzene rings is 3. The van der Waals surface area contributed by atoms with Crippen molar-refractivity contribution in [3.8, 4) is 28.6 Å². The Kier molecular flexibility index (Phi) is 6.90. The standard InChI is InChI=1S/C31H31N3O7/c1-5-40-31(36)17-9-8-12-34(16-17)22-15-21(32-18-13-23(37-2)30(39-4)24(14-18)38-3)25-26-27(22)33-41-29(26)20-11-7-6-10-19(20)28(25)35/h6-7,10-11,13-15,17,32H,5,8-9,12,16H2,1-4H3/t17-/m1/s1. The number of ether oxygens (including phenoxy) is 4. The Bertz CT molecular complexity index is 1640. The van der Waals surface area contributed by atoms with Gasteiger partial charge in [-0.3, -0.25) is 9.59 Å². The number of hydrogen-bond acceptors (Lipinski definition) is 10. The normalized spacial score (nSPS) is 15.9. The zero-order chi connectivity index (χ0) is 28.7. The SMILES string of the molecule is CCOC(=O)[C@@H]1CCCN(c2cc(Nc3cc(OC)c(OC)c(OC)c3)c3c4c(onc24)-c2ccccc2C3=O)C1. The van der Waals surface area contributed by atoms with Gasteiger partial charge in [0.25, 0.3) is 0 Å². The Balaban J connectivity index is 1.53. The van der Waals surface area contributed by atoms with Crippen LogP contribution in [0, 0.1) is 5.92 Å². The van der Waals surface area contributed by atoms with Crippen LogP contribution < -0.4 is 24.4 Å². The van der Waals surface area contributed by atoms with Gasteiger partial charge in [0.15, 0.2) is 23.0 Å². The molecule has 1 aliphatic heterocycles. The van der Waals surface area contributed by atoms with Crippen molar-refractivity contribution in [1.29, 1.82) is 0 Å². The van der Waals surface area contributed by atoms with Crippen molar-refractivity contribution in [1.82, 2.24) is 5.16 Å². The first-order chi connectivity index (χ1) is 20.0. The Morgan fingerprint density at radius 1 is 1.07 bits per heavy atom. The number of nitrogens with zero attached hydrogens (tertiary/aromatic N) is 2. The molecule has 4 aromatic rings. The van der Waals surface area contributed by atoms with Crippen LogP contribution in [0.4, 0.5) is 17.1 Å². The zero-order valence-electron chi connectivity index (χ0n) is 23.4. The molecule has 0 bridgehead atoms. The van der Waals surface area contributed by atoms with Crippen LogP contribution in [0.5, 0.6) is 17.2 Å². The summed E-state index contributed by atoms with van der Waals surface area (Å²) < 4.78 is 27.8. The van der Waals surface area contributed by atoms with Crippen LogP contribution in [0.3, 0.4) is 0 Å². The highest BCUT2D eigenvalue weighted by Crippen LogP contribution is 2.48. The van der Waals surface area contributed by atoms with Gasteiger partial charge in [0.2, 0.25) is 5.75 Å². The minimum Gasteiger partial charge on any atom is -0.493 e. The number of carbonyl (C=O) groups excluding carboxylic acids is 2. The molecule has 0 amide bonds. The van der Waals surface area contributed by atoms with Crippen molar-refractivity contribution in [2.24, 2.45) is 5.92 Å². The van der Waals surface area contributed by atoms with E-state index in [9.17, 15) is 9.59 Å². The first-order valence-electron chi connectivity index (χ1n) is 13.6. The average Bonchev–Trinajstić information content (AvgIpc) is 3.45. The molecule has 1 saturated heterocycles. The van der Waals surface area contributed by atoms with Crippen LogP contribution >= 0.6 is 0 Å². The number of esters is 1. The molecule has 6 rings (SSSR count). The first kappa shape index (κ1) is 26.5. The van der Waals surface area contributed by atoms with Crippen molar-refractivity contribution in [2.45, 2.75) is 19.8 Å². The highest BCUT2D eigenvalue weighted by Gasteiger charge is 2.35. The van der Waals surface area contributed by atoms with Gasteiger partial charge in [-0.25, -0.2) is 0 Å². The molecule has 1 aromatic heterocycles. The van der Waals surface area contributed by atoms with E-state index in [1.54, 1.807) is 39.5 Å². The highest BCUT2D eigenvalue weighted by atomic mass is 16.5. The van der Waals surface area contributed by atoms with E-state index in [0.717, 1.165) is 25.1 Å². The third-order valence-corrected chi connectivity index (χ3v) is 7.70. The molecule has 1 aliphatic carbocycles. The summed E-state index contributed by atoms with van der Waals surface area (Å²) in [5.41, 5.74) is 4.27. The largest absolute Gasteiger partial charge is 0.493 e. The predicted octanol–water partition coefficient (Wildman–Crippen LogP) is 5.59. The van der Waals surface area contributed by atoms with Crippen LogP contribution in [-0.2, 0) is 9.53 Å². The van der Waals surface area contributed by atoms with Crippen LogP contribution in [0.1, 0.15) is 35.7 Å². The lowest BCUT2D eigenvalue weighted by Crippen LogP contribution is -2.39. The van der Waals surface area contributed by atoms with Gasteiger partial charge < -0.3 is 33.7 Å². The Morgan fingerprint density at radius 2 is 1.80 bits per heavy atom. The Labute approximate surface area is 237 Å². The number of nitrogens with one attached hydrogen (secondary N) is 1. The number of ketones is 1. The second kappa shape index (κ2) is 10.7. The fourth-order valence-corrected chi connectivity index (χ4v) is 5.84. The summed E-state index contributed by atoms with van der Waals surface area (Å²) in [6, 6.07) is 12.8. The van der Waals surface area contributed by atoms with Gasteiger partial charge in [0.05, 0.1) is 56.2 Å². The lowest BCUT2D eigenvalue weighted by Gasteiger charge is -2.34. The monoisotopic (exact) mass is 557 g/mol. The topological polar surface area (TPSA) is 112 Å². The lowest BCUT2D eigenvalue weighted by atomic mass is 9.86. The van der Waals surface area contributed by atoms with Crippen LogP contribution in [-0.4, -0.2) is 57.9 Å². The second-order valence-electron chi connectivity index (χ2n) is 10.0. The maximum Gasteiger partial charge on any atom is 0.310 e. The van der Waals surface area contributed by atoms with Gasteiger partial charge in [-0.05, 0) is 25.8 Å². The molecule has 0 unspecified atom stereocenters. The zero-order valence-corrected chi connectivity index (χ0v) is 23.4. The van der Waals surface area contributed by atoms with Gasteiger partial charge in [0, 0.05) is 42.0 Å². The maximum absolute atomic E-state index is 14.0.